The van der Waals surface area contributed by atoms with Crippen LogP contribution in [0.5, 0.6) is 0 Å². The molecule has 2 aromatic heterocycles. The molecular weight excluding hydrogens is 398 g/mol. The van der Waals surface area contributed by atoms with Crippen LogP contribution in [0.1, 0.15) is 23.0 Å². The van der Waals surface area contributed by atoms with Crippen LogP contribution in [0.2, 0.25) is 0 Å². The Bertz CT molecular complexity index is 485. The van der Waals surface area contributed by atoms with E-state index < -0.39 is 0 Å². The van der Waals surface area contributed by atoms with Crippen molar-refractivity contribution in [2.45, 2.75) is 27.1 Å². The van der Waals surface area contributed by atoms with Gasteiger partial charge >= 0.3 is 29.6 Å². The zero-order valence-corrected chi connectivity index (χ0v) is 17.2. The molecule has 9 heteroatoms. The third-order valence-electron chi connectivity index (χ3n) is 2.19. The van der Waals surface area contributed by atoms with Gasteiger partial charge in [-0.2, -0.15) is 0 Å². The van der Waals surface area contributed by atoms with E-state index in [1.54, 1.807) is 20.4 Å². The molecule has 0 amide bonds. The summed E-state index contributed by atoms with van der Waals surface area (Å²) in [5.41, 5.74) is 2.18. The molecule has 0 aliphatic rings. The number of hydrogen-bond acceptors (Lipinski definition) is 5. The van der Waals surface area contributed by atoms with E-state index in [1.807, 2.05) is 13.8 Å². The maximum atomic E-state index is 4.90. The Morgan fingerprint density at radius 1 is 1.10 bits per heavy atom. The van der Waals surface area contributed by atoms with Gasteiger partial charge in [0, 0.05) is 31.8 Å². The van der Waals surface area contributed by atoms with Gasteiger partial charge in [-0.15, -0.1) is 0 Å². The summed E-state index contributed by atoms with van der Waals surface area (Å²) >= 11 is 2.19. The van der Waals surface area contributed by atoms with E-state index in [-0.39, 0.29) is 35.0 Å². The van der Waals surface area contributed by atoms with Crippen LogP contribution in [0.15, 0.2) is 6.20 Å². The first kappa shape index (κ1) is 23.3. The molecule has 0 aromatic carbocycles. The number of aryl methyl sites for hydroxylation is 2. The van der Waals surface area contributed by atoms with Crippen molar-refractivity contribution < 1.29 is 44.5 Å². The molecule has 0 radical (unpaired) electrons. The third-order valence-corrected chi connectivity index (χ3v) is 3.24. The van der Waals surface area contributed by atoms with Gasteiger partial charge in [-0.25, -0.2) is 9.97 Å². The fraction of sp³-hybridized carbons (Fsp3) is 0.500. The second-order valence-corrected chi connectivity index (χ2v) is 5.00. The number of hydrogen-bond donors (Lipinski definition) is 2. The number of aromatic amines is 2. The van der Waals surface area contributed by atoms with Crippen molar-refractivity contribution >= 4 is 22.6 Å². The summed E-state index contributed by atoms with van der Waals surface area (Å²) < 4.78 is 10.8. The van der Waals surface area contributed by atoms with Gasteiger partial charge in [-0.1, -0.05) is 0 Å². The van der Waals surface area contributed by atoms with Crippen LogP contribution in [0.4, 0.5) is 0 Å². The average Bonchev–Trinajstić information content (AvgIpc) is 2.89. The van der Waals surface area contributed by atoms with Crippen molar-refractivity contribution in [2.75, 3.05) is 14.2 Å². The van der Waals surface area contributed by atoms with Gasteiger partial charge in [0.05, 0.1) is 0 Å². The Morgan fingerprint density at radius 2 is 1.67 bits per heavy atom. The zero-order valence-electron chi connectivity index (χ0n) is 13.0. The van der Waals surface area contributed by atoms with Crippen molar-refractivity contribution in [3.05, 3.63) is 32.9 Å². The quantitative estimate of drug-likeness (QED) is 0.498. The van der Waals surface area contributed by atoms with Gasteiger partial charge in [-0.3, -0.25) is 0 Å². The first-order valence-corrected chi connectivity index (χ1v) is 6.84. The van der Waals surface area contributed by atoms with Crippen molar-refractivity contribution in [2.24, 2.45) is 0 Å². The van der Waals surface area contributed by atoms with Gasteiger partial charge in [0.15, 0.2) is 0 Å². The standard InChI is InChI=1S/C6H9IN2O.C6H10N2O.Na.H2O/c1-4-6(7)9-5(8-4)3-10-2;1-5-3-7-6(8-5)4-9-2;;/h3H2,1-2H3,(H,8,9);3H,4H2,1-2H3,(H,7,8);;1H2/q;;+1;/p-1. The maximum Gasteiger partial charge on any atom is 1.00 e. The molecule has 0 atom stereocenters. The minimum absolute atomic E-state index is 0. The van der Waals surface area contributed by atoms with E-state index in [2.05, 4.69) is 42.5 Å². The number of aromatic nitrogens is 4. The van der Waals surface area contributed by atoms with Crippen LogP contribution in [-0.4, -0.2) is 39.6 Å². The van der Waals surface area contributed by atoms with E-state index >= 15 is 0 Å². The first-order chi connectivity index (χ1) is 9.06. The van der Waals surface area contributed by atoms with Crippen LogP contribution in [0.25, 0.3) is 0 Å². The topological polar surface area (TPSA) is 106 Å². The number of H-pyrrole nitrogens is 2. The Balaban J connectivity index is 0. The predicted molar refractivity (Wildman–Crippen MR) is 82.7 cm³/mol. The van der Waals surface area contributed by atoms with Crippen molar-refractivity contribution in [3.63, 3.8) is 0 Å². The summed E-state index contributed by atoms with van der Waals surface area (Å²) in [6.07, 6.45) is 1.79. The second-order valence-electron chi connectivity index (χ2n) is 3.98. The zero-order chi connectivity index (χ0) is 14.3. The van der Waals surface area contributed by atoms with E-state index in [4.69, 9.17) is 9.47 Å². The summed E-state index contributed by atoms with van der Waals surface area (Å²) in [5.74, 6) is 1.78. The number of ether oxygens (including phenoxy) is 2. The number of imidazole rings is 2. The number of rotatable bonds is 4. The van der Waals surface area contributed by atoms with Gasteiger partial charge in [0.1, 0.15) is 28.6 Å². The van der Waals surface area contributed by atoms with Crippen LogP contribution < -0.4 is 29.6 Å². The van der Waals surface area contributed by atoms with Gasteiger partial charge in [0.25, 0.3) is 0 Å². The minimum Gasteiger partial charge on any atom is -0.870 e. The normalized spacial score (nSPS) is 9.19. The molecule has 0 bridgehead atoms. The monoisotopic (exact) mass is 418 g/mol. The molecule has 0 aliphatic carbocycles. The molecule has 0 unspecified atom stereocenters. The first-order valence-electron chi connectivity index (χ1n) is 5.76. The van der Waals surface area contributed by atoms with Gasteiger partial charge in [-0.05, 0) is 36.4 Å². The average molecular weight is 418 g/mol. The van der Waals surface area contributed by atoms with E-state index in [1.165, 1.54) is 0 Å². The summed E-state index contributed by atoms with van der Waals surface area (Å²) in [4.78, 5) is 14.4. The Labute approximate surface area is 160 Å². The van der Waals surface area contributed by atoms with Crippen molar-refractivity contribution in [1.82, 2.24) is 19.9 Å². The summed E-state index contributed by atoms with van der Waals surface area (Å²) in [6.45, 7) is 5.08. The van der Waals surface area contributed by atoms with Crippen LogP contribution in [0, 0.1) is 17.5 Å². The second kappa shape index (κ2) is 12.6. The molecule has 0 spiro atoms. The Hall–Kier alpha value is 0.0300. The molecule has 114 valence electrons. The molecule has 2 rings (SSSR count). The Kier molecular flexibility index (Phi) is 13.9. The molecule has 21 heavy (non-hydrogen) atoms. The Morgan fingerprint density at radius 3 is 2.05 bits per heavy atom. The van der Waals surface area contributed by atoms with Crippen LogP contribution >= 0.6 is 22.6 Å². The van der Waals surface area contributed by atoms with Crippen molar-refractivity contribution in [3.8, 4) is 0 Å². The fourth-order valence-electron chi connectivity index (χ4n) is 1.38. The third kappa shape index (κ3) is 8.91. The molecule has 2 aromatic rings. The molecule has 7 nitrogen and oxygen atoms in total. The summed E-state index contributed by atoms with van der Waals surface area (Å²) in [7, 11) is 3.31. The molecule has 0 saturated heterocycles. The van der Waals surface area contributed by atoms with Gasteiger partial charge in [0.2, 0.25) is 0 Å². The van der Waals surface area contributed by atoms with E-state index in [0.29, 0.717) is 13.2 Å². The van der Waals surface area contributed by atoms with E-state index in [9.17, 15) is 0 Å². The molecule has 3 N–H and O–H groups in total. The summed E-state index contributed by atoms with van der Waals surface area (Å²) in [5, 5.41) is 0. The molecule has 0 aliphatic heterocycles. The summed E-state index contributed by atoms with van der Waals surface area (Å²) in [6, 6.07) is 0. The number of nitrogens with one attached hydrogen (secondary N) is 2. The number of methoxy groups -OCH3 is 2. The SMILES string of the molecule is COCc1nc(I)c(C)[nH]1.COCc1ncc(C)[nH]1.[Na+].[OH-]. The molecular formula is C12H20IN4NaO3. The largest absolute Gasteiger partial charge is 1.00 e. The smallest absolute Gasteiger partial charge is 0.870 e. The maximum absolute atomic E-state index is 4.90. The predicted octanol–water partition coefficient (Wildman–Crippen LogP) is -0.839. The molecule has 0 fully saturated rings. The van der Waals surface area contributed by atoms with Gasteiger partial charge < -0.3 is 24.9 Å². The number of halogens is 1. The van der Waals surface area contributed by atoms with E-state index in [0.717, 1.165) is 26.7 Å². The molecule has 2 heterocycles. The van der Waals surface area contributed by atoms with Crippen molar-refractivity contribution in [1.29, 1.82) is 0 Å². The molecule has 0 saturated carbocycles. The number of nitrogens with zero attached hydrogens (tertiary/aromatic N) is 2. The minimum atomic E-state index is 0. The van der Waals surface area contributed by atoms with Crippen LogP contribution in [0.3, 0.4) is 0 Å². The van der Waals surface area contributed by atoms with Crippen LogP contribution in [-0.2, 0) is 22.7 Å². The fourth-order valence-corrected chi connectivity index (χ4v) is 1.81.